The lowest BCUT2D eigenvalue weighted by molar-refractivity contribution is -0.134. The molecule has 3 aromatic carbocycles. The third-order valence-corrected chi connectivity index (χ3v) is 7.82. The molecule has 4 rings (SSSR count). The zero-order valence-electron chi connectivity index (χ0n) is 24.8. The number of rotatable bonds is 14. The van der Waals surface area contributed by atoms with Crippen molar-refractivity contribution in [3.05, 3.63) is 95.6 Å². The number of likely N-dealkylation sites (tertiary alicyclic amines) is 1. The highest BCUT2D eigenvalue weighted by molar-refractivity contribution is 5.77. The van der Waals surface area contributed by atoms with Crippen molar-refractivity contribution in [1.82, 2.24) is 10.2 Å². The van der Waals surface area contributed by atoms with E-state index in [2.05, 4.69) is 5.32 Å². The molecule has 0 saturated carbocycles. The maximum atomic E-state index is 13.3. The summed E-state index contributed by atoms with van der Waals surface area (Å²) in [6, 6.07) is 25.4. The van der Waals surface area contributed by atoms with Gasteiger partial charge >= 0.3 is 0 Å². The van der Waals surface area contributed by atoms with E-state index in [1.54, 1.807) is 19.1 Å². The Bertz CT molecular complexity index is 1230. The minimum atomic E-state index is -0.994. The van der Waals surface area contributed by atoms with E-state index in [1.165, 1.54) is 6.92 Å². The fourth-order valence-corrected chi connectivity index (χ4v) is 5.64. The molecule has 224 valence electrons. The molecule has 0 bridgehead atoms. The molecule has 2 amide bonds. The number of hydrogen-bond acceptors (Lipinski definition) is 6. The standard InChI is InChI=1S/C34H42N2O6/c1-25(37)35-21-9-5-8-12-33(39)36-23-30(38)22-29(36)24-42-34(26-10-6-4-7-11-26,27-13-17-31(40-2)18-14-27)28-15-19-32(41-3)20-16-28/h4,6-7,10-11,13-20,29-30,38H,5,8-9,12,21-24H2,1-3H3,(H,35,37)/t29?,30-/m1/s1. The van der Waals surface area contributed by atoms with Crippen LogP contribution in [0, 0.1) is 0 Å². The van der Waals surface area contributed by atoms with E-state index in [4.69, 9.17) is 14.2 Å². The molecule has 2 N–H and O–H groups in total. The molecule has 0 radical (unpaired) electrons. The van der Waals surface area contributed by atoms with Crippen molar-refractivity contribution in [3.63, 3.8) is 0 Å². The summed E-state index contributed by atoms with van der Waals surface area (Å²) >= 11 is 0. The third kappa shape index (κ3) is 7.49. The Morgan fingerprint density at radius 3 is 1.98 bits per heavy atom. The highest BCUT2D eigenvalue weighted by Crippen LogP contribution is 2.42. The van der Waals surface area contributed by atoms with E-state index in [0.29, 0.717) is 25.9 Å². The lowest BCUT2D eigenvalue weighted by Crippen LogP contribution is -2.42. The number of β-amino-alcohol motifs (C(OH)–C–C–N with tert-alkyl or cyclic N) is 1. The number of aliphatic hydroxyl groups is 1. The van der Waals surface area contributed by atoms with Crippen LogP contribution in [0.2, 0.25) is 0 Å². The Morgan fingerprint density at radius 1 is 0.857 bits per heavy atom. The number of ether oxygens (including phenoxy) is 3. The monoisotopic (exact) mass is 574 g/mol. The molecule has 1 fully saturated rings. The average Bonchev–Trinajstić information content (AvgIpc) is 3.40. The summed E-state index contributed by atoms with van der Waals surface area (Å²) in [5.41, 5.74) is 1.77. The van der Waals surface area contributed by atoms with Crippen LogP contribution in [0.25, 0.3) is 0 Å². The molecule has 42 heavy (non-hydrogen) atoms. The summed E-state index contributed by atoms with van der Waals surface area (Å²) in [6.45, 7) is 2.64. The Labute approximate surface area is 248 Å². The van der Waals surface area contributed by atoms with Gasteiger partial charge in [-0.25, -0.2) is 0 Å². The van der Waals surface area contributed by atoms with Crippen LogP contribution in [0.4, 0.5) is 0 Å². The number of hydrogen-bond donors (Lipinski definition) is 2. The van der Waals surface area contributed by atoms with E-state index in [-0.39, 0.29) is 24.5 Å². The number of benzene rings is 3. The first-order valence-corrected chi connectivity index (χ1v) is 14.6. The summed E-state index contributed by atoms with van der Waals surface area (Å²) in [5, 5.41) is 13.4. The van der Waals surface area contributed by atoms with Crippen molar-refractivity contribution in [2.24, 2.45) is 0 Å². The Kier molecular flexibility index (Phi) is 11.0. The predicted molar refractivity (Wildman–Crippen MR) is 162 cm³/mol. The summed E-state index contributed by atoms with van der Waals surface area (Å²) in [5.74, 6) is 1.45. The van der Waals surface area contributed by atoms with Crippen LogP contribution >= 0.6 is 0 Å². The summed E-state index contributed by atoms with van der Waals surface area (Å²) in [4.78, 5) is 26.1. The predicted octanol–water partition coefficient (Wildman–Crippen LogP) is 4.67. The van der Waals surface area contributed by atoms with Gasteiger partial charge in [0.05, 0.1) is 33.0 Å². The fraction of sp³-hybridized carbons (Fsp3) is 0.412. The summed E-state index contributed by atoms with van der Waals surface area (Å²) < 4.78 is 17.9. The number of carbonyl (C=O) groups is 2. The number of amides is 2. The maximum Gasteiger partial charge on any atom is 0.222 e. The van der Waals surface area contributed by atoms with Gasteiger partial charge < -0.3 is 29.5 Å². The van der Waals surface area contributed by atoms with E-state index in [1.807, 2.05) is 78.9 Å². The first kappa shape index (κ1) is 31.1. The number of nitrogens with zero attached hydrogens (tertiary/aromatic N) is 1. The maximum absolute atomic E-state index is 13.3. The number of unbranched alkanes of at least 4 members (excludes halogenated alkanes) is 2. The van der Waals surface area contributed by atoms with Crippen molar-refractivity contribution >= 4 is 11.8 Å². The zero-order valence-corrected chi connectivity index (χ0v) is 24.8. The van der Waals surface area contributed by atoms with Gasteiger partial charge in [0, 0.05) is 26.4 Å². The van der Waals surface area contributed by atoms with Crippen LogP contribution in [-0.2, 0) is 19.9 Å². The van der Waals surface area contributed by atoms with Gasteiger partial charge in [-0.15, -0.1) is 0 Å². The van der Waals surface area contributed by atoms with Crippen LogP contribution in [0.1, 0.15) is 55.7 Å². The van der Waals surface area contributed by atoms with Crippen molar-refractivity contribution in [3.8, 4) is 11.5 Å². The lowest BCUT2D eigenvalue weighted by atomic mass is 9.80. The average molecular weight is 575 g/mol. The zero-order chi connectivity index (χ0) is 30.0. The van der Waals surface area contributed by atoms with Gasteiger partial charge in [-0.3, -0.25) is 9.59 Å². The van der Waals surface area contributed by atoms with Crippen LogP contribution < -0.4 is 14.8 Å². The molecule has 8 heteroatoms. The van der Waals surface area contributed by atoms with Crippen LogP contribution in [0.5, 0.6) is 11.5 Å². The minimum absolute atomic E-state index is 0.0129. The molecule has 1 aliphatic rings. The molecule has 0 aromatic heterocycles. The van der Waals surface area contributed by atoms with Gasteiger partial charge in [0.2, 0.25) is 11.8 Å². The van der Waals surface area contributed by atoms with Crippen LogP contribution in [-0.4, -0.2) is 67.9 Å². The number of aliphatic hydroxyl groups excluding tert-OH is 1. The smallest absolute Gasteiger partial charge is 0.222 e. The second-order valence-corrected chi connectivity index (χ2v) is 10.7. The Hall–Kier alpha value is -3.88. The first-order valence-electron chi connectivity index (χ1n) is 14.6. The highest BCUT2D eigenvalue weighted by atomic mass is 16.5. The van der Waals surface area contributed by atoms with Crippen LogP contribution in [0.15, 0.2) is 78.9 Å². The largest absolute Gasteiger partial charge is 0.497 e. The van der Waals surface area contributed by atoms with Crippen LogP contribution in [0.3, 0.4) is 0 Å². The topological polar surface area (TPSA) is 97.3 Å². The Balaban J connectivity index is 1.60. The van der Waals surface area contributed by atoms with E-state index in [9.17, 15) is 14.7 Å². The van der Waals surface area contributed by atoms with E-state index >= 15 is 0 Å². The van der Waals surface area contributed by atoms with Crippen molar-refractivity contribution in [1.29, 1.82) is 0 Å². The lowest BCUT2D eigenvalue weighted by Gasteiger charge is -2.38. The molecular formula is C34H42N2O6. The van der Waals surface area contributed by atoms with Crippen molar-refractivity contribution in [2.45, 2.75) is 56.8 Å². The van der Waals surface area contributed by atoms with Gasteiger partial charge in [0.15, 0.2) is 0 Å². The molecule has 3 aromatic rings. The molecule has 2 atom stereocenters. The van der Waals surface area contributed by atoms with Gasteiger partial charge in [-0.1, -0.05) is 61.0 Å². The van der Waals surface area contributed by atoms with E-state index in [0.717, 1.165) is 47.5 Å². The van der Waals surface area contributed by atoms with Gasteiger partial charge in [-0.05, 0) is 60.2 Å². The fourth-order valence-electron chi connectivity index (χ4n) is 5.64. The molecule has 0 aliphatic carbocycles. The summed E-state index contributed by atoms with van der Waals surface area (Å²) in [7, 11) is 3.28. The molecular weight excluding hydrogens is 532 g/mol. The van der Waals surface area contributed by atoms with Gasteiger partial charge in [0.25, 0.3) is 0 Å². The minimum Gasteiger partial charge on any atom is -0.497 e. The highest BCUT2D eigenvalue weighted by Gasteiger charge is 2.41. The number of carbonyl (C=O) groups excluding carboxylic acids is 2. The quantitative estimate of drug-likeness (QED) is 0.215. The van der Waals surface area contributed by atoms with Crippen molar-refractivity contribution in [2.75, 3.05) is 33.9 Å². The normalized spacial score (nSPS) is 16.7. The summed E-state index contributed by atoms with van der Waals surface area (Å²) in [6.07, 6.45) is 2.63. The number of nitrogens with one attached hydrogen (secondary N) is 1. The molecule has 1 unspecified atom stereocenters. The molecule has 0 spiro atoms. The second-order valence-electron chi connectivity index (χ2n) is 10.7. The molecule has 8 nitrogen and oxygen atoms in total. The molecule has 1 saturated heterocycles. The van der Waals surface area contributed by atoms with Gasteiger partial charge in [0.1, 0.15) is 17.1 Å². The number of methoxy groups -OCH3 is 2. The first-order chi connectivity index (χ1) is 20.4. The molecule has 1 heterocycles. The van der Waals surface area contributed by atoms with E-state index < -0.39 is 11.7 Å². The molecule has 1 aliphatic heterocycles. The SMILES string of the molecule is COc1ccc(C(OCC2C[C@@H](O)CN2C(=O)CCCCCNC(C)=O)(c2ccccc2)c2ccc(OC)cc2)cc1. The third-order valence-electron chi connectivity index (χ3n) is 7.82. The Morgan fingerprint density at radius 2 is 1.43 bits per heavy atom. The van der Waals surface area contributed by atoms with Crippen molar-refractivity contribution < 1.29 is 28.9 Å². The second kappa shape index (κ2) is 14.8. The van der Waals surface area contributed by atoms with Gasteiger partial charge in [-0.2, -0.15) is 0 Å².